The first-order valence-corrected chi connectivity index (χ1v) is 9.76. The van der Waals surface area contributed by atoms with Crippen molar-refractivity contribution in [3.05, 3.63) is 72.1 Å². The van der Waals surface area contributed by atoms with Crippen LogP contribution in [0.2, 0.25) is 0 Å². The molecule has 0 bridgehead atoms. The van der Waals surface area contributed by atoms with Crippen molar-refractivity contribution < 1.29 is 4.79 Å². The van der Waals surface area contributed by atoms with Crippen LogP contribution in [0.5, 0.6) is 0 Å². The second-order valence-electron chi connectivity index (χ2n) is 7.53. The van der Waals surface area contributed by atoms with E-state index < -0.39 is 0 Å². The molecule has 1 aliphatic rings. The molecule has 3 aromatic rings. The van der Waals surface area contributed by atoms with Crippen molar-refractivity contribution in [3.63, 3.8) is 0 Å². The Balaban J connectivity index is 1.45. The summed E-state index contributed by atoms with van der Waals surface area (Å²) in [5.74, 6) is 0.0940. The number of benzene rings is 2. The van der Waals surface area contributed by atoms with Crippen LogP contribution in [0.25, 0.3) is 10.8 Å². The van der Waals surface area contributed by atoms with Gasteiger partial charge in [0.1, 0.15) is 0 Å². The summed E-state index contributed by atoms with van der Waals surface area (Å²) in [6, 6.07) is 19.2. The minimum Gasteiger partial charge on any atom is -0.353 e. The molecule has 1 saturated heterocycles. The predicted octanol–water partition coefficient (Wildman–Crippen LogP) is 4.19. The van der Waals surface area contributed by atoms with Crippen molar-refractivity contribution >= 4 is 16.7 Å². The number of carbonyl (C=O) groups excluding carboxylic acids is 1. The van der Waals surface area contributed by atoms with Crippen LogP contribution in [-0.2, 0) is 11.8 Å². The van der Waals surface area contributed by atoms with Gasteiger partial charge in [-0.1, -0.05) is 42.5 Å². The number of rotatable bonds is 5. The highest BCUT2D eigenvalue weighted by molar-refractivity contribution is 5.87. The Morgan fingerprint density at radius 1 is 1.15 bits per heavy atom. The van der Waals surface area contributed by atoms with E-state index in [0.29, 0.717) is 12.6 Å². The molecule has 0 spiro atoms. The minimum atomic E-state index is -0.0142. The quantitative estimate of drug-likeness (QED) is 0.740. The number of hydrogen-bond donors (Lipinski definition) is 1. The lowest BCUT2D eigenvalue weighted by molar-refractivity contribution is -0.123. The second-order valence-corrected chi connectivity index (χ2v) is 7.53. The first-order chi connectivity index (χ1) is 13.1. The van der Waals surface area contributed by atoms with Gasteiger partial charge in [-0.05, 0) is 54.8 Å². The minimum absolute atomic E-state index is 0.0142. The van der Waals surface area contributed by atoms with Crippen molar-refractivity contribution in [1.82, 2.24) is 14.8 Å². The summed E-state index contributed by atoms with van der Waals surface area (Å²) in [6.45, 7) is 3.50. The Labute approximate surface area is 160 Å². The van der Waals surface area contributed by atoms with E-state index >= 15 is 0 Å². The van der Waals surface area contributed by atoms with Crippen LogP contribution in [0.1, 0.15) is 43.1 Å². The molecule has 0 saturated carbocycles. The fraction of sp³-hybridized carbons (Fsp3) is 0.348. The summed E-state index contributed by atoms with van der Waals surface area (Å²) in [4.78, 5) is 15.1. The molecule has 2 atom stereocenters. The smallest absolute Gasteiger partial charge is 0.234 e. The molecular formula is C23H27N3O. The van der Waals surface area contributed by atoms with Crippen molar-refractivity contribution in [2.75, 3.05) is 13.1 Å². The lowest BCUT2D eigenvalue weighted by Gasteiger charge is -2.25. The molecule has 0 radical (unpaired) electrons. The molecule has 1 N–H and O–H groups in total. The van der Waals surface area contributed by atoms with Gasteiger partial charge in [-0.3, -0.25) is 9.69 Å². The number of nitrogens with one attached hydrogen (secondary N) is 1. The molecule has 1 amide bonds. The first kappa shape index (κ1) is 17.8. The summed E-state index contributed by atoms with van der Waals surface area (Å²) >= 11 is 0. The van der Waals surface area contributed by atoms with Crippen molar-refractivity contribution in [2.45, 2.75) is 31.8 Å². The number of likely N-dealkylation sites (tertiary alicyclic amines) is 1. The summed E-state index contributed by atoms with van der Waals surface area (Å²) in [5.41, 5.74) is 2.46. The molecule has 27 heavy (non-hydrogen) atoms. The maximum absolute atomic E-state index is 12.8. The summed E-state index contributed by atoms with van der Waals surface area (Å²) in [7, 11) is 2.08. The Hall–Kier alpha value is -2.59. The van der Waals surface area contributed by atoms with Gasteiger partial charge in [-0.2, -0.15) is 0 Å². The molecule has 140 valence electrons. The van der Waals surface area contributed by atoms with Crippen LogP contribution in [0.4, 0.5) is 0 Å². The van der Waals surface area contributed by atoms with E-state index in [4.69, 9.17) is 0 Å². The monoisotopic (exact) mass is 361 g/mol. The molecule has 4 heteroatoms. The van der Waals surface area contributed by atoms with Gasteiger partial charge in [-0.15, -0.1) is 0 Å². The maximum atomic E-state index is 12.8. The normalized spacial score (nSPS) is 18.7. The second kappa shape index (κ2) is 7.57. The average molecular weight is 361 g/mol. The van der Waals surface area contributed by atoms with Crippen LogP contribution in [0, 0.1) is 0 Å². The third-order valence-electron chi connectivity index (χ3n) is 5.70. The zero-order chi connectivity index (χ0) is 18.8. The summed E-state index contributed by atoms with van der Waals surface area (Å²) in [5, 5.41) is 5.62. The number of fused-ring (bicyclic) bond motifs is 1. The highest BCUT2D eigenvalue weighted by Gasteiger charge is 2.29. The lowest BCUT2D eigenvalue weighted by Crippen LogP contribution is -2.38. The van der Waals surface area contributed by atoms with E-state index in [1.54, 1.807) is 0 Å². The molecular weight excluding hydrogens is 334 g/mol. The van der Waals surface area contributed by atoms with Crippen LogP contribution < -0.4 is 5.32 Å². The third-order valence-corrected chi connectivity index (χ3v) is 5.70. The largest absolute Gasteiger partial charge is 0.353 e. The molecule has 0 unspecified atom stereocenters. The highest BCUT2D eigenvalue weighted by Crippen LogP contribution is 2.31. The van der Waals surface area contributed by atoms with E-state index in [-0.39, 0.29) is 11.9 Å². The van der Waals surface area contributed by atoms with Crippen molar-refractivity contribution in [2.24, 2.45) is 7.05 Å². The lowest BCUT2D eigenvalue weighted by atomic mass is 10.00. The number of aromatic nitrogens is 1. The third kappa shape index (κ3) is 3.62. The standard InChI is InChI=1S/C23H27N3O/c1-17(19-11-5-9-18-8-3-4-10-20(18)19)24-23(27)16-26-15-7-13-22(26)21-12-6-14-25(21)2/h3-6,8-12,14,17,22H,7,13,15-16H2,1-2H3,(H,24,27)/t17-,22+/m0/s1. The van der Waals surface area contributed by atoms with Crippen LogP contribution >= 0.6 is 0 Å². The number of nitrogens with zero attached hydrogens (tertiary/aromatic N) is 2. The van der Waals surface area contributed by atoms with E-state index in [1.165, 1.54) is 22.0 Å². The van der Waals surface area contributed by atoms with Crippen molar-refractivity contribution in [3.8, 4) is 0 Å². The van der Waals surface area contributed by atoms with Crippen LogP contribution in [-0.4, -0.2) is 28.5 Å². The topological polar surface area (TPSA) is 37.3 Å². The molecule has 2 heterocycles. The molecule has 4 nitrogen and oxygen atoms in total. The average Bonchev–Trinajstić information content (AvgIpc) is 3.29. The van der Waals surface area contributed by atoms with E-state index in [0.717, 1.165) is 19.4 Å². The van der Waals surface area contributed by atoms with Gasteiger partial charge in [0.25, 0.3) is 0 Å². The van der Waals surface area contributed by atoms with Crippen LogP contribution in [0.15, 0.2) is 60.8 Å². The van der Waals surface area contributed by atoms with Gasteiger partial charge in [0, 0.05) is 18.9 Å². The zero-order valence-electron chi connectivity index (χ0n) is 16.1. The van der Waals surface area contributed by atoms with Gasteiger partial charge in [0.05, 0.1) is 18.6 Å². The molecule has 1 aliphatic heterocycles. The Morgan fingerprint density at radius 3 is 2.78 bits per heavy atom. The first-order valence-electron chi connectivity index (χ1n) is 9.76. The fourth-order valence-corrected chi connectivity index (χ4v) is 4.35. The number of aryl methyl sites for hydroxylation is 1. The summed E-state index contributed by atoms with van der Waals surface area (Å²) in [6.07, 6.45) is 4.33. The molecule has 2 aromatic carbocycles. The van der Waals surface area contributed by atoms with E-state index in [1.807, 2.05) is 6.07 Å². The maximum Gasteiger partial charge on any atom is 0.234 e. The van der Waals surface area contributed by atoms with Crippen LogP contribution in [0.3, 0.4) is 0 Å². The van der Waals surface area contributed by atoms with Gasteiger partial charge in [0.15, 0.2) is 0 Å². The number of amides is 1. The van der Waals surface area contributed by atoms with E-state index in [9.17, 15) is 4.79 Å². The van der Waals surface area contributed by atoms with Crippen molar-refractivity contribution in [1.29, 1.82) is 0 Å². The Bertz CT molecular complexity index is 940. The van der Waals surface area contributed by atoms with E-state index in [2.05, 4.69) is 83.5 Å². The predicted molar refractivity (Wildman–Crippen MR) is 109 cm³/mol. The molecule has 0 aliphatic carbocycles. The van der Waals surface area contributed by atoms with Gasteiger partial charge in [0.2, 0.25) is 5.91 Å². The molecule has 1 fully saturated rings. The zero-order valence-corrected chi connectivity index (χ0v) is 16.1. The number of hydrogen-bond acceptors (Lipinski definition) is 2. The number of carbonyl (C=O) groups is 1. The Morgan fingerprint density at radius 2 is 1.96 bits per heavy atom. The fourth-order valence-electron chi connectivity index (χ4n) is 4.35. The van der Waals surface area contributed by atoms with Gasteiger partial charge in [-0.25, -0.2) is 0 Å². The summed E-state index contributed by atoms with van der Waals surface area (Å²) < 4.78 is 2.17. The highest BCUT2D eigenvalue weighted by atomic mass is 16.2. The van der Waals surface area contributed by atoms with Gasteiger partial charge >= 0.3 is 0 Å². The Kier molecular flexibility index (Phi) is 4.99. The SMILES string of the molecule is C[C@H](NC(=O)CN1CCC[C@@H]1c1cccn1C)c1cccc2ccccc12. The molecule has 4 rings (SSSR count). The van der Waals surface area contributed by atoms with Gasteiger partial charge < -0.3 is 9.88 Å². The molecule has 1 aromatic heterocycles.